The molecule has 1 amide bonds. The fraction of sp³-hybridized carbons (Fsp3) is 0.824. The van der Waals surface area contributed by atoms with Crippen molar-refractivity contribution in [1.82, 2.24) is 4.90 Å². The Morgan fingerprint density at radius 1 is 1.26 bits per heavy atom. The molecular weight excluding hydrogens is 234 g/mol. The zero-order valence-corrected chi connectivity index (χ0v) is 12.7. The van der Waals surface area contributed by atoms with Crippen molar-refractivity contribution in [2.45, 2.75) is 65.2 Å². The van der Waals surface area contributed by atoms with E-state index in [4.69, 9.17) is 0 Å². The van der Waals surface area contributed by atoms with Crippen LogP contribution in [0, 0.1) is 11.8 Å². The van der Waals surface area contributed by atoms with E-state index in [1.807, 2.05) is 0 Å². The molecule has 0 radical (unpaired) electrons. The Bertz CT molecular complexity index is 332. The summed E-state index contributed by atoms with van der Waals surface area (Å²) in [6.07, 6.45) is 11.6. The summed E-state index contributed by atoms with van der Waals surface area (Å²) in [7, 11) is 0. The van der Waals surface area contributed by atoms with Crippen molar-refractivity contribution in [3.8, 4) is 0 Å². The summed E-state index contributed by atoms with van der Waals surface area (Å²) in [4.78, 5) is 14.5. The Hall–Kier alpha value is -0.790. The largest absolute Gasteiger partial charge is 0.342 e. The Labute approximate surface area is 118 Å². The van der Waals surface area contributed by atoms with Gasteiger partial charge in [0.1, 0.15) is 0 Å². The maximum absolute atomic E-state index is 12.4. The van der Waals surface area contributed by atoms with Gasteiger partial charge in [-0.2, -0.15) is 0 Å². The van der Waals surface area contributed by atoms with Crippen LogP contribution in [0.15, 0.2) is 11.6 Å². The van der Waals surface area contributed by atoms with Crippen LogP contribution in [0.25, 0.3) is 0 Å². The molecule has 0 saturated carbocycles. The molecule has 1 fully saturated rings. The Morgan fingerprint density at radius 3 is 2.79 bits per heavy atom. The average molecular weight is 263 g/mol. The van der Waals surface area contributed by atoms with Crippen molar-refractivity contribution < 1.29 is 4.79 Å². The molecular formula is C17H29NO. The van der Waals surface area contributed by atoms with E-state index in [9.17, 15) is 4.79 Å². The van der Waals surface area contributed by atoms with Crippen LogP contribution < -0.4 is 0 Å². The van der Waals surface area contributed by atoms with Gasteiger partial charge in [-0.05, 0) is 56.8 Å². The molecule has 0 N–H and O–H groups in total. The van der Waals surface area contributed by atoms with Crippen LogP contribution in [0.1, 0.15) is 65.2 Å². The lowest BCUT2D eigenvalue weighted by molar-refractivity contribution is -0.130. The summed E-state index contributed by atoms with van der Waals surface area (Å²) in [5, 5.41) is 0. The molecule has 2 aliphatic rings. The van der Waals surface area contributed by atoms with E-state index in [-0.39, 0.29) is 0 Å². The molecule has 19 heavy (non-hydrogen) atoms. The van der Waals surface area contributed by atoms with Crippen molar-refractivity contribution in [3.05, 3.63) is 11.6 Å². The zero-order valence-electron chi connectivity index (χ0n) is 12.7. The number of hydrogen-bond donors (Lipinski definition) is 0. The summed E-state index contributed by atoms with van der Waals surface area (Å²) >= 11 is 0. The minimum atomic E-state index is 0.373. The molecule has 0 bridgehead atoms. The quantitative estimate of drug-likeness (QED) is 0.700. The molecule has 2 heteroatoms. The lowest BCUT2D eigenvalue weighted by Crippen LogP contribution is -2.32. The predicted molar refractivity (Wildman–Crippen MR) is 79.9 cm³/mol. The molecule has 2 nitrogen and oxygen atoms in total. The van der Waals surface area contributed by atoms with Crippen LogP contribution in [0.5, 0.6) is 0 Å². The molecule has 0 aromatic heterocycles. The number of likely N-dealkylation sites (tertiary alicyclic amines) is 1. The topological polar surface area (TPSA) is 20.3 Å². The fourth-order valence-corrected chi connectivity index (χ4v) is 3.41. The second-order valence-electron chi connectivity index (χ2n) is 6.60. The molecule has 1 aliphatic heterocycles. The van der Waals surface area contributed by atoms with Gasteiger partial charge >= 0.3 is 0 Å². The van der Waals surface area contributed by atoms with Crippen LogP contribution in [0.3, 0.4) is 0 Å². The number of amides is 1. The highest BCUT2D eigenvalue weighted by Gasteiger charge is 2.22. The van der Waals surface area contributed by atoms with Crippen LogP contribution >= 0.6 is 0 Å². The highest BCUT2D eigenvalue weighted by Crippen LogP contribution is 2.26. The maximum Gasteiger partial charge on any atom is 0.226 e. The van der Waals surface area contributed by atoms with E-state index in [1.54, 1.807) is 0 Å². The standard InChI is InChI=1S/C17H29NO/c1-14(2)16-9-6-11-18(12-10-16)17(19)13-15-7-4-3-5-8-15/h7,14,16H,3-6,8-13H2,1-2H3/t16-/m1/s1. The molecule has 1 aliphatic carbocycles. The van der Waals surface area contributed by atoms with Gasteiger partial charge in [-0.3, -0.25) is 4.79 Å². The van der Waals surface area contributed by atoms with E-state index < -0.39 is 0 Å². The molecule has 1 atom stereocenters. The SMILES string of the molecule is CC(C)[C@@H]1CCCN(C(=O)CC2=CCCCC2)CC1. The fourth-order valence-electron chi connectivity index (χ4n) is 3.41. The lowest BCUT2D eigenvalue weighted by atomic mass is 9.89. The van der Waals surface area contributed by atoms with Crippen molar-refractivity contribution in [3.63, 3.8) is 0 Å². The normalized spacial score (nSPS) is 25.1. The van der Waals surface area contributed by atoms with Gasteiger partial charge in [0.2, 0.25) is 5.91 Å². The van der Waals surface area contributed by atoms with E-state index in [0.29, 0.717) is 12.3 Å². The van der Waals surface area contributed by atoms with E-state index in [2.05, 4.69) is 24.8 Å². The first-order valence-electron chi connectivity index (χ1n) is 8.12. The average Bonchev–Trinajstić information content (AvgIpc) is 2.65. The maximum atomic E-state index is 12.4. The van der Waals surface area contributed by atoms with Crippen LogP contribution in [-0.2, 0) is 4.79 Å². The highest BCUT2D eigenvalue weighted by atomic mass is 16.2. The van der Waals surface area contributed by atoms with Crippen LogP contribution in [-0.4, -0.2) is 23.9 Å². The van der Waals surface area contributed by atoms with Gasteiger partial charge in [-0.25, -0.2) is 0 Å². The molecule has 1 saturated heterocycles. The summed E-state index contributed by atoms with van der Waals surface area (Å²) in [5.41, 5.74) is 1.39. The summed E-state index contributed by atoms with van der Waals surface area (Å²) in [6, 6.07) is 0. The van der Waals surface area contributed by atoms with Crippen molar-refractivity contribution >= 4 is 5.91 Å². The number of carbonyl (C=O) groups is 1. The van der Waals surface area contributed by atoms with Gasteiger partial charge in [0.15, 0.2) is 0 Å². The van der Waals surface area contributed by atoms with Gasteiger partial charge in [0.25, 0.3) is 0 Å². The number of hydrogen-bond acceptors (Lipinski definition) is 1. The third kappa shape index (κ3) is 4.36. The third-order valence-electron chi connectivity index (χ3n) is 4.83. The second-order valence-corrected chi connectivity index (χ2v) is 6.60. The first-order chi connectivity index (χ1) is 9.16. The summed E-state index contributed by atoms with van der Waals surface area (Å²) in [5.74, 6) is 1.94. The van der Waals surface area contributed by atoms with E-state index in [1.165, 1.54) is 44.1 Å². The monoisotopic (exact) mass is 263 g/mol. The Morgan fingerprint density at radius 2 is 2.11 bits per heavy atom. The number of nitrogens with zero attached hydrogens (tertiary/aromatic N) is 1. The van der Waals surface area contributed by atoms with Gasteiger partial charge in [0, 0.05) is 19.5 Å². The second kappa shape index (κ2) is 7.12. The van der Waals surface area contributed by atoms with Crippen molar-refractivity contribution in [2.75, 3.05) is 13.1 Å². The van der Waals surface area contributed by atoms with Crippen LogP contribution in [0.2, 0.25) is 0 Å². The van der Waals surface area contributed by atoms with Crippen molar-refractivity contribution in [1.29, 1.82) is 0 Å². The highest BCUT2D eigenvalue weighted by molar-refractivity contribution is 5.78. The Kier molecular flexibility index (Phi) is 5.47. The lowest BCUT2D eigenvalue weighted by Gasteiger charge is -2.23. The van der Waals surface area contributed by atoms with Crippen molar-refractivity contribution in [2.24, 2.45) is 11.8 Å². The van der Waals surface area contributed by atoms with E-state index in [0.717, 1.165) is 31.3 Å². The summed E-state index contributed by atoms with van der Waals surface area (Å²) < 4.78 is 0. The molecule has 0 aromatic carbocycles. The van der Waals surface area contributed by atoms with E-state index >= 15 is 0 Å². The minimum absolute atomic E-state index is 0.373. The zero-order chi connectivity index (χ0) is 13.7. The van der Waals surface area contributed by atoms with Gasteiger partial charge in [-0.15, -0.1) is 0 Å². The molecule has 108 valence electrons. The Balaban J connectivity index is 1.84. The van der Waals surface area contributed by atoms with Gasteiger partial charge < -0.3 is 4.90 Å². The molecule has 0 unspecified atom stereocenters. The first kappa shape index (κ1) is 14.6. The third-order valence-corrected chi connectivity index (χ3v) is 4.83. The molecule has 0 aromatic rings. The van der Waals surface area contributed by atoms with Gasteiger partial charge in [0.05, 0.1) is 0 Å². The smallest absolute Gasteiger partial charge is 0.226 e. The molecule has 1 heterocycles. The molecule has 0 spiro atoms. The number of allylic oxidation sites excluding steroid dienone is 1. The number of rotatable bonds is 3. The number of carbonyl (C=O) groups excluding carboxylic acids is 1. The van der Waals surface area contributed by atoms with Crippen LogP contribution in [0.4, 0.5) is 0 Å². The van der Waals surface area contributed by atoms with Gasteiger partial charge in [-0.1, -0.05) is 25.5 Å². The predicted octanol–water partition coefficient (Wildman–Crippen LogP) is 4.16. The molecule has 2 rings (SSSR count). The summed E-state index contributed by atoms with van der Waals surface area (Å²) in [6.45, 7) is 6.59. The first-order valence-corrected chi connectivity index (χ1v) is 8.12. The minimum Gasteiger partial charge on any atom is -0.342 e.